The lowest BCUT2D eigenvalue weighted by molar-refractivity contribution is 1.01. The summed E-state index contributed by atoms with van der Waals surface area (Å²) in [6, 6.07) is 0. The molecule has 8 heavy (non-hydrogen) atoms. The monoisotopic (exact) mass is 237 g/mol. The lowest BCUT2D eigenvalue weighted by atomic mass is 9.55. The summed E-state index contributed by atoms with van der Waals surface area (Å²) in [4.78, 5) is 0. The number of alkyl halides is 1. The molecule has 0 bridgehead atoms. The van der Waals surface area contributed by atoms with Crippen LogP contribution in [0.2, 0.25) is 12.5 Å². The molecule has 0 nitrogen and oxygen atoms in total. The van der Waals surface area contributed by atoms with Crippen LogP contribution in [0.25, 0.3) is 0 Å². The average Bonchev–Trinajstić information content (AvgIpc) is 1.65. The Labute approximate surface area is 69.6 Å². The van der Waals surface area contributed by atoms with E-state index < -0.39 is 0 Å². The fourth-order valence-corrected chi connectivity index (χ4v) is 1.30. The van der Waals surface area contributed by atoms with Gasteiger partial charge in [-0.05, 0) is 6.42 Å². The van der Waals surface area contributed by atoms with E-state index in [2.05, 4.69) is 31.8 Å². The molecular formula is C4H9B2IP. The molecule has 0 aromatic heterocycles. The second-order valence-corrected chi connectivity index (χ2v) is 5.51. The van der Waals surface area contributed by atoms with Gasteiger partial charge in [0.15, 0.2) is 0 Å². The molecule has 1 unspecified atom stereocenters. The molecule has 0 aliphatic heterocycles. The van der Waals surface area contributed by atoms with Crippen molar-refractivity contribution < 1.29 is 0 Å². The van der Waals surface area contributed by atoms with Crippen LogP contribution in [0.5, 0.6) is 0 Å². The van der Waals surface area contributed by atoms with Gasteiger partial charge in [-0.2, -0.15) is 0 Å². The maximum Gasteiger partial charge on any atom is 0.0993 e. The van der Waals surface area contributed by atoms with Crippen molar-refractivity contribution in [3.63, 3.8) is 0 Å². The van der Waals surface area contributed by atoms with Gasteiger partial charge in [0, 0.05) is 3.67 Å². The molecule has 0 rings (SSSR count). The third-order valence-electron chi connectivity index (χ3n) is 0.925. The molecule has 0 aliphatic rings. The van der Waals surface area contributed by atoms with Crippen LogP contribution in [0.3, 0.4) is 0 Å². The Hall–Kier alpha value is 1.29. The first kappa shape index (κ1) is 9.29. The molecular weight excluding hydrogens is 228 g/mol. The Bertz CT molecular complexity index is 60.0. The third kappa shape index (κ3) is 5.43. The molecule has 0 N–H and O–H groups in total. The second kappa shape index (κ2) is 5.10. The van der Waals surface area contributed by atoms with Crippen LogP contribution >= 0.6 is 31.8 Å². The van der Waals surface area contributed by atoms with Crippen LogP contribution < -0.4 is 0 Å². The van der Waals surface area contributed by atoms with Crippen LogP contribution in [0.1, 0.15) is 6.42 Å². The van der Waals surface area contributed by atoms with E-state index in [0.29, 0.717) is 3.67 Å². The molecule has 0 aliphatic carbocycles. The van der Waals surface area contributed by atoms with Crippen molar-refractivity contribution in [2.45, 2.75) is 22.6 Å². The van der Waals surface area contributed by atoms with Crippen molar-refractivity contribution in [3.8, 4) is 0 Å². The van der Waals surface area contributed by atoms with Gasteiger partial charge in [-0.1, -0.05) is 29.4 Å². The Morgan fingerprint density at radius 2 is 2.38 bits per heavy atom. The molecule has 4 heteroatoms. The number of rotatable bonds is 3. The summed E-state index contributed by atoms with van der Waals surface area (Å²) in [5.74, 6) is 0. The van der Waals surface area contributed by atoms with Gasteiger partial charge in [-0.25, -0.2) is 0 Å². The summed E-state index contributed by atoms with van der Waals surface area (Å²) in [6.45, 7) is 1.99. The standard InChI is InChI=1S/C4H9B2IP/c1-6-3(5)2-4(7)8/h3-4H,2,8H2,1H3/t3-,4+/m0/s1. The second-order valence-electron chi connectivity index (χ2n) is 1.75. The first-order valence-corrected chi connectivity index (χ1v) is 4.52. The molecule has 3 atom stereocenters. The van der Waals surface area contributed by atoms with Gasteiger partial charge in [0.25, 0.3) is 0 Å². The van der Waals surface area contributed by atoms with Gasteiger partial charge in [0.05, 0.1) is 15.1 Å². The normalized spacial score (nSPS) is 17.4. The van der Waals surface area contributed by atoms with Gasteiger partial charge in [0.2, 0.25) is 0 Å². The van der Waals surface area contributed by atoms with E-state index in [1.54, 1.807) is 0 Å². The Morgan fingerprint density at radius 3 is 2.50 bits per heavy atom. The third-order valence-corrected chi connectivity index (χ3v) is 1.71. The van der Waals surface area contributed by atoms with Crippen LogP contribution in [0, 0.1) is 0 Å². The molecule has 0 heterocycles. The Morgan fingerprint density at radius 1 is 1.88 bits per heavy atom. The van der Waals surface area contributed by atoms with Crippen molar-refractivity contribution in [1.82, 2.24) is 0 Å². The lowest BCUT2D eigenvalue weighted by Crippen LogP contribution is -2.02. The van der Waals surface area contributed by atoms with Crippen molar-refractivity contribution >= 4 is 47.0 Å². The first-order valence-electron chi connectivity index (χ1n) is 2.61. The van der Waals surface area contributed by atoms with E-state index in [9.17, 15) is 0 Å². The molecule has 43 valence electrons. The summed E-state index contributed by atoms with van der Waals surface area (Å²) < 4.78 is 0.610. The zero-order valence-corrected chi connectivity index (χ0v) is 8.28. The van der Waals surface area contributed by atoms with Crippen molar-refractivity contribution in [1.29, 1.82) is 0 Å². The van der Waals surface area contributed by atoms with Gasteiger partial charge in [-0.15, -0.1) is 15.0 Å². The molecule has 0 saturated carbocycles. The SMILES string of the molecule is [B][C@@H]([B]C)C[C@@H](P)I. The van der Waals surface area contributed by atoms with Gasteiger partial charge in [0.1, 0.15) is 0 Å². The van der Waals surface area contributed by atoms with Gasteiger partial charge >= 0.3 is 0 Å². The fourth-order valence-electron chi connectivity index (χ4n) is 0.396. The minimum atomic E-state index is 0.273. The smallest absolute Gasteiger partial charge is 0.0993 e. The summed E-state index contributed by atoms with van der Waals surface area (Å²) >= 11 is 2.34. The molecule has 0 amide bonds. The van der Waals surface area contributed by atoms with E-state index in [0.717, 1.165) is 6.42 Å². The highest BCUT2D eigenvalue weighted by molar-refractivity contribution is 14.1. The maximum atomic E-state index is 5.60. The highest BCUT2D eigenvalue weighted by Crippen LogP contribution is 2.19. The molecule has 0 spiro atoms. The topological polar surface area (TPSA) is 0 Å². The van der Waals surface area contributed by atoms with E-state index in [1.165, 1.54) is 0 Å². The summed E-state index contributed by atoms with van der Waals surface area (Å²) in [5.41, 5.74) is 0.273. The summed E-state index contributed by atoms with van der Waals surface area (Å²) in [5, 5.41) is 0. The highest BCUT2D eigenvalue weighted by Gasteiger charge is 2.02. The Balaban J connectivity index is 3.10. The Kier molecular flexibility index (Phi) is 5.93. The predicted octanol–water partition coefficient (Wildman–Crippen LogP) is 1.68. The summed E-state index contributed by atoms with van der Waals surface area (Å²) in [6.07, 6.45) is 1.06. The minimum Gasteiger partial charge on any atom is -0.124 e. The fraction of sp³-hybridized carbons (Fsp3) is 1.00. The number of hydrogen-bond donors (Lipinski definition) is 0. The largest absolute Gasteiger partial charge is 0.124 e. The van der Waals surface area contributed by atoms with Crippen molar-refractivity contribution in [2.24, 2.45) is 0 Å². The van der Waals surface area contributed by atoms with Crippen molar-refractivity contribution in [3.05, 3.63) is 0 Å². The molecule has 3 radical (unpaired) electrons. The summed E-state index contributed by atoms with van der Waals surface area (Å²) in [7, 11) is 10.3. The van der Waals surface area contributed by atoms with Crippen LogP contribution in [0.4, 0.5) is 0 Å². The van der Waals surface area contributed by atoms with E-state index in [-0.39, 0.29) is 5.72 Å². The number of halogens is 1. The molecule has 0 saturated heterocycles. The van der Waals surface area contributed by atoms with E-state index in [1.807, 2.05) is 14.1 Å². The van der Waals surface area contributed by atoms with E-state index >= 15 is 0 Å². The van der Waals surface area contributed by atoms with Gasteiger partial charge < -0.3 is 0 Å². The lowest BCUT2D eigenvalue weighted by Gasteiger charge is -2.07. The molecule has 0 aromatic carbocycles. The molecule has 0 aromatic rings. The first-order chi connectivity index (χ1) is 3.66. The van der Waals surface area contributed by atoms with Gasteiger partial charge in [-0.3, -0.25) is 0 Å². The maximum absolute atomic E-state index is 5.60. The quantitative estimate of drug-likeness (QED) is 0.303. The zero-order chi connectivity index (χ0) is 6.57. The van der Waals surface area contributed by atoms with Crippen LogP contribution in [0.15, 0.2) is 0 Å². The van der Waals surface area contributed by atoms with Crippen LogP contribution in [-0.2, 0) is 0 Å². The minimum absolute atomic E-state index is 0.273. The highest BCUT2D eigenvalue weighted by atomic mass is 127. The predicted molar refractivity (Wildman–Crippen MR) is 53.3 cm³/mol. The average molecular weight is 237 g/mol. The molecule has 0 fully saturated rings. The zero-order valence-electron chi connectivity index (χ0n) is 4.97. The number of hydrogen-bond acceptors (Lipinski definition) is 0. The van der Waals surface area contributed by atoms with Crippen molar-refractivity contribution in [2.75, 3.05) is 0 Å². The van der Waals surface area contributed by atoms with E-state index in [4.69, 9.17) is 7.85 Å². The van der Waals surface area contributed by atoms with Crippen LogP contribution in [-0.4, -0.2) is 18.8 Å².